The molecule has 1 saturated heterocycles. The molecule has 2 aromatic rings. The molecule has 2 aliphatic carbocycles. The number of phenolic OH excluding ortho intramolecular Hbond substituents is 1. The molecule has 1 N–H and O–H groups in total. The maximum atomic E-state index is 13.3. The number of carbonyl (C=O) groups excluding carboxylic acids is 1. The molecule has 1 heterocycles. The van der Waals surface area contributed by atoms with Gasteiger partial charge in [0.15, 0.2) is 5.78 Å². The fourth-order valence-corrected chi connectivity index (χ4v) is 4.88. The zero-order valence-corrected chi connectivity index (χ0v) is 14.2. The van der Waals surface area contributed by atoms with Crippen LogP contribution in [0.5, 0.6) is 5.75 Å². The number of ether oxygens (including phenoxy) is 1. The van der Waals surface area contributed by atoms with Crippen molar-refractivity contribution in [1.29, 1.82) is 5.26 Å². The second-order valence-corrected chi connectivity index (χ2v) is 7.27. The van der Waals surface area contributed by atoms with Crippen LogP contribution in [-0.2, 0) is 16.6 Å². The predicted octanol–water partition coefficient (Wildman–Crippen LogP) is 3.52. The number of nitrogens with zero attached hydrogens (tertiary/aromatic N) is 1. The van der Waals surface area contributed by atoms with Crippen molar-refractivity contribution in [2.24, 2.45) is 0 Å². The summed E-state index contributed by atoms with van der Waals surface area (Å²) < 4.78 is 5.62. The highest BCUT2D eigenvalue weighted by molar-refractivity contribution is 6.33. The lowest BCUT2D eigenvalue weighted by atomic mass is 9.62. The van der Waals surface area contributed by atoms with Gasteiger partial charge in [-0.1, -0.05) is 6.07 Å². The summed E-state index contributed by atoms with van der Waals surface area (Å²) in [7, 11) is 0. The first kappa shape index (κ1) is 15.4. The third kappa shape index (κ3) is 1.89. The predicted molar refractivity (Wildman–Crippen MR) is 95.9 cm³/mol. The molecule has 0 unspecified atom stereocenters. The van der Waals surface area contributed by atoms with E-state index in [9.17, 15) is 15.2 Å². The molecule has 26 heavy (non-hydrogen) atoms. The molecule has 0 radical (unpaired) electrons. The maximum Gasteiger partial charge on any atom is 0.193 e. The van der Waals surface area contributed by atoms with Crippen molar-refractivity contribution in [2.75, 3.05) is 13.2 Å². The van der Waals surface area contributed by atoms with Gasteiger partial charge in [0, 0.05) is 29.8 Å². The number of Topliss-reactive ketones (excluding diaryl/α,β-unsaturated/α-hetero) is 1. The van der Waals surface area contributed by atoms with Crippen molar-refractivity contribution in [3.63, 3.8) is 0 Å². The Balaban J connectivity index is 1.78. The number of allylic oxidation sites excluding steroid dienone is 2. The molecule has 1 aliphatic heterocycles. The number of ketones is 1. The van der Waals surface area contributed by atoms with Gasteiger partial charge in [-0.25, -0.2) is 0 Å². The molecule has 5 rings (SSSR count). The summed E-state index contributed by atoms with van der Waals surface area (Å²) in [5.74, 6) is 0.212. The monoisotopic (exact) mass is 343 g/mol. The summed E-state index contributed by atoms with van der Waals surface area (Å²) in [5.41, 5.74) is 5.88. The lowest BCUT2D eigenvalue weighted by Gasteiger charge is -2.43. The molecule has 1 spiro atoms. The van der Waals surface area contributed by atoms with Crippen LogP contribution in [0, 0.1) is 11.3 Å². The molecule has 0 aromatic heterocycles. The molecule has 0 amide bonds. The maximum absolute atomic E-state index is 13.3. The van der Waals surface area contributed by atoms with Crippen LogP contribution in [0.1, 0.15) is 45.5 Å². The van der Waals surface area contributed by atoms with Gasteiger partial charge in [-0.2, -0.15) is 5.26 Å². The van der Waals surface area contributed by atoms with Gasteiger partial charge < -0.3 is 9.84 Å². The summed E-state index contributed by atoms with van der Waals surface area (Å²) in [6.45, 7) is 1.28. The van der Waals surface area contributed by atoms with Crippen molar-refractivity contribution in [2.45, 2.75) is 24.7 Å². The summed E-state index contributed by atoms with van der Waals surface area (Å²) >= 11 is 0. The standard InChI is InChI=1S/C22H17NO3/c23-12-13-1-3-16-14(9-13)10-19-20(16)21(25)17-4-2-15(24)11-18(17)22(19)5-7-26-8-6-22/h1-4,9,11,24H,5-8,10H2. The van der Waals surface area contributed by atoms with Gasteiger partial charge >= 0.3 is 0 Å². The first-order valence-electron chi connectivity index (χ1n) is 8.87. The van der Waals surface area contributed by atoms with E-state index in [-0.39, 0.29) is 16.9 Å². The van der Waals surface area contributed by atoms with Crippen molar-refractivity contribution < 1.29 is 14.6 Å². The van der Waals surface area contributed by atoms with Crippen LogP contribution in [0.2, 0.25) is 0 Å². The Morgan fingerprint density at radius 3 is 2.62 bits per heavy atom. The Kier molecular flexibility index (Phi) is 3.13. The number of carbonyl (C=O) groups is 1. The molecule has 2 aromatic carbocycles. The lowest BCUT2D eigenvalue weighted by Crippen LogP contribution is -2.40. The molecule has 1 fully saturated rings. The Morgan fingerprint density at radius 1 is 1.08 bits per heavy atom. The third-order valence-corrected chi connectivity index (χ3v) is 6.09. The van der Waals surface area contributed by atoms with Crippen LogP contribution in [-0.4, -0.2) is 24.1 Å². The van der Waals surface area contributed by atoms with E-state index < -0.39 is 0 Å². The van der Waals surface area contributed by atoms with Crippen molar-refractivity contribution in [3.8, 4) is 11.8 Å². The second kappa shape index (κ2) is 5.30. The fourth-order valence-electron chi connectivity index (χ4n) is 4.88. The van der Waals surface area contributed by atoms with Gasteiger partial charge in [0.1, 0.15) is 5.75 Å². The molecule has 4 heteroatoms. The van der Waals surface area contributed by atoms with Crippen LogP contribution >= 0.6 is 0 Å². The summed E-state index contributed by atoms with van der Waals surface area (Å²) in [6.07, 6.45) is 2.28. The number of hydrogen-bond donors (Lipinski definition) is 1. The molecule has 0 atom stereocenters. The number of benzene rings is 2. The van der Waals surface area contributed by atoms with Crippen LogP contribution in [0.4, 0.5) is 0 Å². The summed E-state index contributed by atoms with van der Waals surface area (Å²) in [4.78, 5) is 13.3. The molecule has 128 valence electrons. The van der Waals surface area contributed by atoms with E-state index in [4.69, 9.17) is 4.74 Å². The normalized spacial score (nSPS) is 19.7. The first-order chi connectivity index (χ1) is 12.6. The van der Waals surface area contributed by atoms with Gasteiger partial charge in [0.05, 0.1) is 11.6 Å². The van der Waals surface area contributed by atoms with Crippen LogP contribution in [0.25, 0.3) is 5.57 Å². The van der Waals surface area contributed by atoms with E-state index in [2.05, 4.69) is 6.07 Å². The Hall–Kier alpha value is -2.90. The largest absolute Gasteiger partial charge is 0.508 e. The van der Waals surface area contributed by atoms with Gasteiger partial charge in [0.25, 0.3) is 0 Å². The van der Waals surface area contributed by atoms with E-state index >= 15 is 0 Å². The van der Waals surface area contributed by atoms with Gasteiger partial charge in [0.2, 0.25) is 0 Å². The summed E-state index contributed by atoms with van der Waals surface area (Å²) in [6, 6.07) is 12.9. The van der Waals surface area contributed by atoms with Crippen LogP contribution in [0.3, 0.4) is 0 Å². The average molecular weight is 343 g/mol. The van der Waals surface area contributed by atoms with Crippen LogP contribution < -0.4 is 0 Å². The van der Waals surface area contributed by atoms with E-state index in [0.717, 1.165) is 40.7 Å². The average Bonchev–Trinajstić information content (AvgIpc) is 3.06. The number of hydrogen-bond acceptors (Lipinski definition) is 4. The fraction of sp³-hybridized carbons (Fsp3) is 0.273. The van der Waals surface area contributed by atoms with Gasteiger partial charge in [-0.15, -0.1) is 0 Å². The number of nitriles is 1. The van der Waals surface area contributed by atoms with Crippen molar-refractivity contribution in [3.05, 3.63) is 69.8 Å². The zero-order chi connectivity index (χ0) is 17.9. The van der Waals surface area contributed by atoms with Gasteiger partial charge in [-0.05, 0) is 71.9 Å². The van der Waals surface area contributed by atoms with E-state index in [1.807, 2.05) is 12.1 Å². The number of rotatable bonds is 0. The highest BCUT2D eigenvalue weighted by atomic mass is 16.5. The van der Waals surface area contributed by atoms with E-state index in [1.54, 1.807) is 24.3 Å². The Bertz CT molecular complexity index is 1040. The third-order valence-electron chi connectivity index (χ3n) is 6.09. The number of aromatic hydroxyl groups is 1. The number of phenols is 1. The molecule has 0 bridgehead atoms. The van der Waals surface area contributed by atoms with Crippen LogP contribution in [0.15, 0.2) is 42.0 Å². The summed E-state index contributed by atoms with van der Waals surface area (Å²) in [5, 5.41) is 19.3. The molecular weight excluding hydrogens is 326 g/mol. The minimum absolute atomic E-state index is 0.0237. The second-order valence-electron chi connectivity index (χ2n) is 7.27. The highest BCUT2D eigenvalue weighted by Gasteiger charge is 2.48. The molecule has 4 nitrogen and oxygen atoms in total. The minimum Gasteiger partial charge on any atom is -0.508 e. The smallest absolute Gasteiger partial charge is 0.193 e. The minimum atomic E-state index is -0.276. The molecule has 3 aliphatic rings. The highest BCUT2D eigenvalue weighted by Crippen LogP contribution is 2.54. The number of fused-ring (bicyclic) bond motifs is 5. The lowest BCUT2D eigenvalue weighted by molar-refractivity contribution is 0.0602. The van der Waals surface area contributed by atoms with E-state index in [1.165, 1.54) is 0 Å². The Labute approximate surface area is 151 Å². The SMILES string of the molecule is N#Cc1ccc2c(c1)CC1=C2C(=O)c2ccc(O)cc2C12CCOCC2. The quantitative estimate of drug-likeness (QED) is 0.794. The first-order valence-corrected chi connectivity index (χ1v) is 8.87. The topological polar surface area (TPSA) is 70.3 Å². The van der Waals surface area contributed by atoms with E-state index in [0.29, 0.717) is 30.8 Å². The van der Waals surface area contributed by atoms with Crippen molar-refractivity contribution >= 4 is 11.4 Å². The van der Waals surface area contributed by atoms with Gasteiger partial charge in [-0.3, -0.25) is 4.79 Å². The molecule has 0 saturated carbocycles. The zero-order valence-electron chi connectivity index (χ0n) is 14.2. The molecular formula is C22H17NO3. The van der Waals surface area contributed by atoms with Crippen molar-refractivity contribution in [1.82, 2.24) is 0 Å². The Morgan fingerprint density at radius 2 is 1.85 bits per heavy atom.